The monoisotopic (exact) mass is 298 g/mol. The van der Waals surface area contributed by atoms with E-state index in [1.807, 2.05) is 7.05 Å². The average Bonchev–Trinajstić information content (AvgIpc) is 2.45. The highest BCUT2D eigenvalue weighted by Gasteiger charge is 2.28. The molecule has 0 spiro atoms. The summed E-state index contributed by atoms with van der Waals surface area (Å²) in [7, 11) is 5.26. The van der Waals surface area contributed by atoms with Crippen LogP contribution in [0.15, 0.2) is 18.2 Å². The van der Waals surface area contributed by atoms with Crippen LogP contribution in [0.3, 0.4) is 0 Å². The number of hydrogen-bond donors (Lipinski definition) is 0. The molecular weight excluding hydrogens is 280 g/mol. The molecule has 1 aromatic carbocycles. The second kappa shape index (κ2) is 6.43. The number of nitrogens with zero attached hydrogens (tertiary/aromatic N) is 2. The number of anilines is 1. The molecule has 0 aliphatic carbocycles. The quantitative estimate of drug-likeness (QED) is 0.851. The van der Waals surface area contributed by atoms with Crippen molar-refractivity contribution in [3.05, 3.63) is 23.2 Å². The number of carbonyl (C=O) groups excluding carboxylic acids is 1. The molecule has 1 aromatic rings. The molecule has 1 saturated heterocycles. The van der Waals surface area contributed by atoms with Gasteiger partial charge in [0.1, 0.15) is 11.9 Å². The Morgan fingerprint density at radius 1 is 1.55 bits per heavy atom. The van der Waals surface area contributed by atoms with E-state index >= 15 is 0 Å². The Morgan fingerprint density at radius 2 is 2.30 bits per heavy atom. The number of morpholine rings is 1. The number of benzene rings is 1. The smallest absolute Gasteiger partial charge is 0.257 e. The molecular formula is C14H19ClN2O3. The first-order valence-corrected chi connectivity index (χ1v) is 6.82. The molecule has 6 heteroatoms. The molecule has 0 aromatic heterocycles. The minimum absolute atomic E-state index is 0.0715. The standard InChI is InChI=1S/C14H19ClN2O3/c1-16-6-7-20-13(9-16)14(18)17(2)10-4-5-12(19-3)11(15)8-10/h4-5,8,13H,6-7,9H2,1-3H3/t13-/m0/s1. The molecule has 2 rings (SSSR count). The molecule has 1 amide bonds. The van der Waals surface area contributed by atoms with Gasteiger partial charge in [0.2, 0.25) is 0 Å². The van der Waals surface area contributed by atoms with Crippen LogP contribution in [0.25, 0.3) is 0 Å². The molecule has 110 valence electrons. The summed E-state index contributed by atoms with van der Waals surface area (Å²) >= 11 is 6.08. The minimum atomic E-state index is -0.431. The zero-order chi connectivity index (χ0) is 14.7. The van der Waals surface area contributed by atoms with Crippen LogP contribution in [-0.4, -0.2) is 57.8 Å². The van der Waals surface area contributed by atoms with Gasteiger partial charge in [0, 0.05) is 25.8 Å². The molecule has 0 radical (unpaired) electrons. The Kier molecular flexibility index (Phi) is 4.86. The van der Waals surface area contributed by atoms with Crippen LogP contribution in [0.2, 0.25) is 5.02 Å². The summed E-state index contributed by atoms with van der Waals surface area (Å²) in [5.74, 6) is 0.516. The summed E-state index contributed by atoms with van der Waals surface area (Å²) in [5.41, 5.74) is 0.720. The van der Waals surface area contributed by atoms with Gasteiger partial charge >= 0.3 is 0 Å². The number of likely N-dealkylation sites (N-methyl/N-ethyl adjacent to an activating group) is 2. The van der Waals surface area contributed by atoms with Crippen LogP contribution in [0.4, 0.5) is 5.69 Å². The predicted octanol–water partition coefficient (Wildman–Crippen LogP) is 1.64. The van der Waals surface area contributed by atoms with Gasteiger partial charge in [-0.25, -0.2) is 0 Å². The maximum atomic E-state index is 12.4. The van der Waals surface area contributed by atoms with Crippen molar-refractivity contribution in [2.75, 3.05) is 45.8 Å². The van der Waals surface area contributed by atoms with Crippen molar-refractivity contribution in [3.8, 4) is 5.75 Å². The summed E-state index contributed by atoms with van der Waals surface area (Å²) in [6, 6.07) is 5.26. The van der Waals surface area contributed by atoms with Crippen molar-refractivity contribution in [3.63, 3.8) is 0 Å². The summed E-state index contributed by atoms with van der Waals surface area (Å²) in [5, 5.41) is 0.478. The lowest BCUT2D eigenvalue weighted by atomic mass is 10.2. The fraction of sp³-hybridized carbons (Fsp3) is 0.500. The number of amides is 1. The van der Waals surface area contributed by atoms with E-state index in [2.05, 4.69) is 4.90 Å². The lowest BCUT2D eigenvalue weighted by Crippen LogP contribution is -2.49. The minimum Gasteiger partial charge on any atom is -0.495 e. The topological polar surface area (TPSA) is 42.0 Å². The number of rotatable bonds is 3. The zero-order valence-corrected chi connectivity index (χ0v) is 12.7. The Labute approximate surface area is 124 Å². The summed E-state index contributed by atoms with van der Waals surface area (Å²) < 4.78 is 10.6. The number of hydrogen-bond acceptors (Lipinski definition) is 4. The van der Waals surface area contributed by atoms with Crippen LogP contribution >= 0.6 is 11.6 Å². The lowest BCUT2D eigenvalue weighted by Gasteiger charge is -2.31. The fourth-order valence-corrected chi connectivity index (χ4v) is 2.39. The molecule has 1 aliphatic heterocycles. The van der Waals surface area contributed by atoms with Crippen LogP contribution in [0, 0.1) is 0 Å². The molecule has 0 unspecified atom stereocenters. The Bertz CT molecular complexity index is 495. The van der Waals surface area contributed by atoms with E-state index in [0.717, 1.165) is 12.2 Å². The molecule has 20 heavy (non-hydrogen) atoms. The van der Waals surface area contributed by atoms with Gasteiger partial charge in [0.25, 0.3) is 5.91 Å². The summed E-state index contributed by atoms with van der Waals surface area (Å²) in [4.78, 5) is 16.1. The Hall–Kier alpha value is -1.30. The van der Waals surface area contributed by atoms with Gasteiger partial charge in [0.05, 0.1) is 18.7 Å². The van der Waals surface area contributed by atoms with Crippen LogP contribution < -0.4 is 9.64 Å². The molecule has 0 saturated carbocycles. The highest BCUT2D eigenvalue weighted by Crippen LogP contribution is 2.29. The molecule has 0 N–H and O–H groups in total. The first kappa shape index (κ1) is 15.1. The van der Waals surface area contributed by atoms with Gasteiger partial charge < -0.3 is 19.3 Å². The second-order valence-corrected chi connectivity index (χ2v) is 5.24. The summed E-state index contributed by atoms with van der Waals surface area (Å²) in [6.07, 6.45) is -0.431. The summed E-state index contributed by atoms with van der Waals surface area (Å²) in [6.45, 7) is 2.03. The van der Waals surface area contributed by atoms with Gasteiger partial charge in [-0.15, -0.1) is 0 Å². The lowest BCUT2D eigenvalue weighted by molar-refractivity contribution is -0.134. The Morgan fingerprint density at radius 3 is 2.90 bits per heavy atom. The second-order valence-electron chi connectivity index (χ2n) is 4.84. The van der Waals surface area contributed by atoms with Gasteiger partial charge in [-0.3, -0.25) is 4.79 Å². The van der Waals surface area contributed by atoms with Crippen LogP contribution in [0.5, 0.6) is 5.75 Å². The maximum Gasteiger partial charge on any atom is 0.257 e. The molecule has 1 fully saturated rings. The highest BCUT2D eigenvalue weighted by atomic mass is 35.5. The first-order chi connectivity index (χ1) is 9.52. The number of ether oxygens (including phenoxy) is 2. The van der Waals surface area contributed by atoms with E-state index in [1.54, 1.807) is 37.3 Å². The highest BCUT2D eigenvalue weighted by molar-refractivity contribution is 6.32. The van der Waals surface area contributed by atoms with E-state index in [1.165, 1.54) is 0 Å². The number of carbonyl (C=O) groups is 1. The number of halogens is 1. The van der Waals surface area contributed by atoms with Crippen molar-refractivity contribution < 1.29 is 14.3 Å². The van der Waals surface area contributed by atoms with Crippen molar-refractivity contribution >= 4 is 23.2 Å². The van der Waals surface area contributed by atoms with Crippen LogP contribution in [-0.2, 0) is 9.53 Å². The van der Waals surface area contributed by atoms with E-state index in [-0.39, 0.29) is 5.91 Å². The number of methoxy groups -OCH3 is 1. The van der Waals surface area contributed by atoms with Crippen LogP contribution in [0.1, 0.15) is 0 Å². The molecule has 1 heterocycles. The third-order valence-corrected chi connectivity index (χ3v) is 3.69. The third kappa shape index (κ3) is 3.23. The van der Waals surface area contributed by atoms with Gasteiger partial charge in [0.15, 0.2) is 0 Å². The van der Waals surface area contributed by atoms with Crippen molar-refractivity contribution in [2.45, 2.75) is 6.10 Å². The molecule has 0 bridgehead atoms. The normalized spacial score (nSPS) is 19.7. The first-order valence-electron chi connectivity index (χ1n) is 6.44. The molecule has 5 nitrogen and oxygen atoms in total. The average molecular weight is 299 g/mol. The van der Waals surface area contributed by atoms with E-state index in [9.17, 15) is 4.79 Å². The van der Waals surface area contributed by atoms with E-state index in [0.29, 0.717) is 23.9 Å². The SMILES string of the molecule is COc1ccc(N(C)C(=O)[C@@H]2CN(C)CCO2)cc1Cl. The Balaban J connectivity index is 2.11. The largest absolute Gasteiger partial charge is 0.495 e. The van der Waals surface area contributed by atoms with Crippen molar-refractivity contribution in [1.29, 1.82) is 0 Å². The maximum absolute atomic E-state index is 12.4. The van der Waals surface area contributed by atoms with Gasteiger partial charge in [-0.1, -0.05) is 11.6 Å². The molecule has 1 atom stereocenters. The molecule has 1 aliphatic rings. The van der Waals surface area contributed by atoms with Crippen molar-refractivity contribution in [2.24, 2.45) is 0 Å². The van der Waals surface area contributed by atoms with Crippen molar-refractivity contribution in [1.82, 2.24) is 4.90 Å². The predicted molar refractivity (Wildman–Crippen MR) is 78.7 cm³/mol. The fourth-order valence-electron chi connectivity index (χ4n) is 2.13. The van der Waals surface area contributed by atoms with E-state index < -0.39 is 6.10 Å². The van der Waals surface area contributed by atoms with E-state index in [4.69, 9.17) is 21.1 Å². The zero-order valence-electron chi connectivity index (χ0n) is 11.9. The third-order valence-electron chi connectivity index (χ3n) is 3.40. The van der Waals surface area contributed by atoms with Gasteiger partial charge in [-0.2, -0.15) is 0 Å². The van der Waals surface area contributed by atoms with Gasteiger partial charge in [-0.05, 0) is 25.2 Å².